The summed E-state index contributed by atoms with van der Waals surface area (Å²) in [4.78, 5) is 15.5. The van der Waals surface area contributed by atoms with Crippen LogP contribution in [0.1, 0.15) is 70.6 Å². The van der Waals surface area contributed by atoms with Gasteiger partial charge in [-0.3, -0.25) is 4.79 Å². The number of hydrogen-bond acceptors (Lipinski definition) is 5. The van der Waals surface area contributed by atoms with Crippen molar-refractivity contribution in [2.24, 2.45) is 0 Å². The van der Waals surface area contributed by atoms with Crippen molar-refractivity contribution in [2.45, 2.75) is 94.4 Å². The maximum atomic E-state index is 13.2. The summed E-state index contributed by atoms with van der Waals surface area (Å²) in [6.07, 6.45) is 15.1. The molecule has 2 aliphatic carbocycles. The van der Waals surface area contributed by atoms with Gasteiger partial charge in [0.05, 0.1) is 5.75 Å². The number of ether oxygens (including phenoxy) is 1. The summed E-state index contributed by atoms with van der Waals surface area (Å²) >= 11 is 1.53. The number of hydrogen-bond donors (Lipinski definition) is 0. The molecule has 1 aromatic heterocycles. The molecular formula is C20H34N4O2S. The third-order valence-electron chi connectivity index (χ3n) is 5.88. The minimum absolute atomic E-state index is 0.297. The van der Waals surface area contributed by atoms with Crippen molar-refractivity contribution >= 4 is 17.7 Å². The van der Waals surface area contributed by atoms with E-state index in [1.165, 1.54) is 76.0 Å². The standard InChI is InChI=1S/C20H34N4O2S/c1-26-14-8-13-23-16-21-22-20(23)27-15-19(25)24(17-9-4-2-5-10-17)18-11-6-3-7-12-18/h16-18H,2-15H2,1H3. The van der Waals surface area contributed by atoms with Gasteiger partial charge in [0.2, 0.25) is 5.91 Å². The summed E-state index contributed by atoms with van der Waals surface area (Å²) < 4.78 is 7.15. The van der Waals surface area contributed by atoms with Crippen LogP contribution in [-0.4, -0.2) is 57.1 Å². The second-order valence-corrected chi connectivity index (χ2v) is 8.77. The Morgan fingerprint density at radius 1 is 1.15 bits per heavy atom. The highest BCUT2D eigenvalue weighted by Gasteiger charge is 2.32. The van der Waals surface area contributed by atoms with Crippen molar-refractivity contribution < 1.29 is 9.53 Å². The first-order valence-electron chi connectivity index (χ1n) is 10.6. The summed E-state index contributed by atoms with van der Waals surface area (Å²) in [5.41, 5.74) is 0. The Balaban J connectivity index is 1.59. The van der Waals surface area contributed by atoms with E-state index < -0.39 is 0 Å². The number of rotatable bonds is 9. The van der Waals surface area contributed by atoms with Crippen LogP contribution in [0, 0.1) is 0 Å². The fraction of sp³-hybridized carbons (Fsp3) is 0.850. The second kappa shape index (κ2) is 11.1. The van der Waals surface area contributed by atoms with Gasteiger partial charge in [0.15, 0.2) is 5.16 Å². The third kappa shape index (κ3) is 5.95. The Kier molecular flexibility index (Phi) is 8.45. The lowest BCUT2D eigenvalue weighted by atomic mass is 9.88. The van der Waals surface area contributed by atoms with E-state index in [-0.39, 0.29) is 0 Å². The van der Waals surface area contributed by atoms with Gasteiger partial charge in [-0.2, -0.15) is 0 Å². The van der Waals surface area contributed by atoms with Crippen LogP contribution in [0.15, 0.2) is 11.5 Å². The number of carbonyl (C=O) groups is 1. The molecular weight excluding hydrogens is 360 g/mol. The van der Waals surface area contributed by atoms with Crippen LogP contribution in [0.3, 0.4) is 0 Å². The van der Waals surface area contributed by atoms with Crippen molar-refractivity contribution in [2.75, 3.05) is 19.5 Å². The van der Waals surface area contributed by atoms with E-state index in [2.05, 4.69) is 15.1 Å². The zero-order chi connectivity index (χ0) is 18.9. The Labute approximate surface area is 167 Å². The second-order valence-electron chi connectivity index (χ2n) is 7.83. The molecule has 2 saturated carbocycles. The average Bonchev–Trinajstić information content (AvgIpc) is 3.16. The minimum atomic E-state index is 0.297. The Morgan fingerprint density at radius 2 is 1.78 bits per heavy atom. The van der Waals surface area contributed by atoms with E-state index >= 15 is 0 Å². The van der Waals surface area contributed by atoms with Crippen LogP contribution < -0.4 is 0 Å². The number of aryl methyl sites for hydroxylation is 1. The topological polar surface area (TPSA) is 60.2 Å². The van der Waals surface area contributed by atoms with Gasteiger partial charge >= 0.3 is 0 Å². The molecule has 1 amide bonds. The van der Waals surface area contributed by atoms with E-state index in [0.29, 0.717) is 23.7 Å². The molecule has 0 atom stereocenters. The van der Waals surface area contributed by atoms with E-state index in [4.69, 9.17) is 4.74 Å². The number of carbonyl (C=O) groups excluding carboxylic acids is 1. The summed E-state index contributed by atoms with van der Waals surface area (Å²) in [5, 5.41) is 9.08. The van der Waals surface area contributed by atoms with Crippen LogP contribution in [0.25, 0.3) is 0 Å². The Morgan fingerprint density at radius 3 is 2.37 bits per heavy atom. The molecule has 0 radical (unpaired) electrons. The molecule has 2 aliphatic rings. The molecule has 0 N–H and O–H groups in total. The number of amides is 1. The lowest BCUT2D eigenvalue weighted by Gasteiger charge is -2.41. The van der Waals surface area contributed by atoms with Gasteiger partial charge in [-0.15, -0.1) is 10.2 Å². The lowest BCUT2D eigenvalue weighted by Crippen LogP contribution is -2.49. The first-order valence-corrected chi connectivity index (χ1v) is 11.6. The SMILES string of the molecule is COCCCn1cnnc1SCC(=O)N(C1CCCCC1)C1CCCCC1. The zero-order valence-corrected chi connectivity index (χ0v) is 17.5. The molecule has 152 valence electrons. The maximum Gasteiger partial charge on any atom is 0.233 e. The van der Waals surface area contributed by atoms with Crippen molar-refractivity contribution in [1.29, 1.82) is 0 Å². The van der Waals surface area contributed by atoms with Gasteiger partial charge in [0.25, 0.3) is 0 Å². The minimum Gasteiger partial charge on any atom is -0.385 e. The van der Waals surface area contributed by atoms with Gasteiger partial charge < -0.3 is 14.2 Å². The smallest absolute Gasteiger partial charge is 0.233 e. The molecule has 27 heavy (non-hydrogen) atoms. The van der Waals surface area contributed by atoms with Gasteiger partial charge in [0.1, 0.15) is 6.33 Å². The summed E-state index contributed by atoms with van der Waals surface area (Å²) in [7, 11) is 1.71. The highest BCUT2D eigenvalue weighted by molar-refractivity contribution is 7.99. The highest BCUT2D eigenvalue weighted by atomic mass is 32.2. The molecule has 0 saturated heterocycles. The molecule has 0 aromatic carbocycles. The molecule has 7 heteroatoms. The van der Waals surface area contributed by atoms with Crippen LogP contribution in [0.5, 0.6) is 0 Å². The normalized spacial score (nSPS) is 19.3. The first kappa shape index (κ1) is 20.6. The van der Waals surface area contributed by atoms with Crippen molar-refractivity contribution in [3.63, 3.8) is 0 Å². The van der Waals surface area contributed by atoms with Gasteiger partial charge in [-0.05, 0) is 32.1 Å². The Hall–Kier alpha value is -1.08. The summed E-state index contributed by atoms with van der Waals surface area (Å²) in [5.74, 6) is 0.765. The molecule has 6 nitrogen and oxygen atoms in total. The monoisotopic (exact) mass is 394 g/mol. The fourth-order valence-electron chi connectivity index (χ4n) is 4.51. The quantitative estimate of drug-likeness (QED) is 0.469. The van der Waals surface area contributed by atoms with Crippen molar-refractivity contribution in [1.82, 2.24) is 19.7 Å². The number of methoxy groups -OCH3 is 1. The maximum absolute atomic E-state index is 13.2. The highest BCUT2D eigenvalue weighted by Crippen LogP contribution is 2.31. The summed E-state index contributed by atoms with van der Waals surface area (Å²) in [6, 6.07) is 0.907. The average molecular weight is 395 g/mol. The molecule has 1 aromatic rings. The lowest BCUT2D eigenvalue weighted by molar-refractivity contribution is -0.135. The largest absolute Gasteiger partial charge is 0.385 e. The van der Waals surface area contributed by atoms with E-state index in [1.807, 2.05) is 4.57 Å². The zero-order valence-electron chi connectivity index (χ0n) is 16.6. The predicted octanol–water partition coefficient (Wildman–Crippen LogP) is 3.90. The van der Waals surface area contributed by atoms with Crippen molar-refractivity contribution in [3.8, 4) is 0 Å². The summed E-state index contributed by atoms with van der Waals surface area (Å²) in [6.45, 7) is 1.55. The van der Waals surface area contributed by atoms with Gasteiger partial charge in [0, 0.05) is 32.3 Å². The molecule has 0 unspecified atom stereocenters. The van der Waals surface area contributed by atoms with Crippen LogP contribution in [0.2, 0.25) is 0 Å². The van der Waals surface area contributed by atoms with Crippen LogP contribution in [-0.2, 0) is 16.1 Å². The molecule has 1 heterocycles. The van der Waals surface area contributed by atoms with Crippen molar-refractivity contribution in [3.05, 3.63) is 6.33 Å². The molecule has 0 bridgehead atoms. The van der Waals surface area contributed by atoms with Crippen LogP contribution in [0.4, 0.5) is 0 Å². The molecule has 0 spiro atoms. The van der Waals surface area contributed by atoms with E-state index in [1.54, 1.807) is 13.4 Å². The fourth-order valence-corrected chi connectivity index (χ4v) is 5.32. The number of thioether (sulfide) groups is 1. The molecule has 0 aliphatic heterocycles. The van der Waals surface area contributed by atoms with E-state index in [0.717, 1.165) is 24.7 Å². The third-order valence-corrected chi connectivity index (χ3v) is 6.84. The first-order chi connectivity index (χ1) is 13.3. The van der Waals surface area contributed by atoms with E-state index in [9.17, 15) is 4.79 Å². The molecule has 2 fully saturated rings. The van der Waals surface area contributed by atoms with Gasteiger partial charge in [-0.1, -0.05) is 50.3 Å². The van der Waals surface area contributed by atoms with Gasteiger partial charge in [-0.25, -0.2) is 0 Å². The number of aromatic nitrogens is 3. The predicted molar refractivity (Wildman–Crippen MR) is 108 cm³/mol. The molecule has 3 rings (SSSR count). The Bertz CT molecular complexity index is 550. The van der Waals surface area contributed by atoms with Crippen LogP contribution >= 0.6 is 11.8 Å². The number of nitrogens with zero attached hydrogens (tertiary/aromatic N) is 4.